The van der Waals surface area contributed by atoms with Crippen LogP contribution in [0.15, 0.2) is 48.5 Å². The number of thiol groups is 1. The van der Waals surface area contributed by atoms with Crippen molar-refractivity contribution in [1.82, 2.24) is 0 Å². The van der Waals surface area contributed by atoms with E-state index in [1.165, 1.54) is 6.07 Å². The first-order valence-corrected chi connectivity index (χ1v) is 6.96. The molecule has 0 fully saturated rings. The number of hydrogen-bond donors (Lipinski definition) is 1. The zero-order valence-electron chi connectivity index (χ0n) is 10.2. The Kier molecular flexibility index (Phi) is 5.11. The molecule has 0 N–H and O–H groups in total. The molecule has 0 bridgehead atoms. The van der Waals surface area contributed by atoms with E-state index in [4.69, 9.17) is 16.3 Å². The molecule has 0 saturated heterocycles. The molecule has 0 aliphatic carbocycles. The fourth-order valence-electron chi connectivity index (χ4n) is 1.77. The molecule has 4 heteroatoms. The summed E-state index contributed by atoms with van der Waals surface area (Å²) in [6, 6.07) is 14.6. The monoisotopic (exact) mass is 296 g/mol. The molecule has 0 spiro atoms. The SMILES string of the molecule is Fc1c(Cl)cccc1OCC(CS)c1ccccc1. The third kappa shape index (κ3) is 3.64. The molecular formula is C15H14ClFOS. The minimum atomic E-state index is -0.518. The molecule has 0 aliphatic rings. The van der Waals surface area contributed by atoms with Crippen molar-refractivity contribution in [3.05, 3.63) is 64.9 Å². The second-order valence-corrected chi connectivity index (χ2v) is 4.93. The number of ether oxygens (including phenoxy) is 1. The molecule has 100 valence electrons. The van der Waals surface area contributed by atoms with Crippen LogP contribution in [-0.4, -0.2) is 12.4 Å². The molecule has 0 saturated carbocycles. The van der Waals surface area contributed by atoms with Gasteiger partial charge in [-0.2, -0.15) is 12.6 Å². The second kappa shape index (κ2) is 6.83. The lowest BCUT2D eigenvalue weighted by molar-refractivity contribution is 0.284. The summed E-state index contributed by atoms with van der Waals surface area (Å²) in [5.74, 6) is 0.403. The second-order valence-electron chi connectivity index (χ2n) is 4.15. The Hall–Kier alpha value is -1.19. The topological polar surface area (TPSA) is 9.23 Å². The molecule has 2 aromatic rings. The van der Waals surface area contributed by atoms with Crippen molar-refractivity contribution in [2.45, 2.75) is 5.92 Å². The summed E-state index contributed by atoms with van der Waals surface area (Å²) in [7, 11) is 0. The predicted octanol–water partition coefficient (Wildman–Crippen LogP) is 4.57. The van der Waals surface area contributed by atoms with Crippen LogP contribution in [-0.2, 0) is 0 Å². The molecule has 0 aliphatic heterocycles. The molecule has 1 nitrogen and oxygen atoms in total. The minimum absolute atomic E-state index is 0.0691. The normalized spacial score (nSPS) is 12.2. The fraction of sp³-hybridized carbons (Fsp3) is 0.200. The maximum atomic E-state index is 13.7. The van der Waals surface area contributed by atoms with Gasteiger partial charge in [-0.1, -0.05) is 48.0 Å². The zero-order chi connectivity index (χ0) is 13.7. The first-order valence-electron chi connectivity index (χ1n) is 5.95. The molecule has 2 rings (SSSR count). The van der Waals surface area contributed by atoms with Gasteiger partial charge in [0.15, 0.2) is 11.6 Å². The molecule has 1 unspecified atom stereocenters. The third-order valence-corrected chi connectivity index (χ3v) is 3.58. The van der Waals surface area contributed by atoms with Gasteiger partial charge in [-0.15, -0.1) is 0 Å². The average Bonchev–Trinajstić information content (AvgIpc) is 2.45. The third-order valence-electron chi connectivity index (χ3n) is 2.85. The van der Waals surface area contributed by atoms with E-state index in [0.717, 1.165) is 5.56 Å². The Morgan fingerprint density at radius 3 is 2.53 bits per heavy atom. The Labute approximate surface area is 122 Å². The van der Waals surface area contributed by atoms with Crippen molar-refractivity contribution in [3.63, 3.8) is 0 Å². The van der Waals surface area contributed by atoms with E-state index < -0.39 is 5.82 Å². The molecular weight excluding hydrogens is 283 g/mol. The van der Waals surface area contributed by atoms with Crippen LogP contribution in [0.1, 0.15) is 11.5 Å². The molecule has 0 radical (unpaired) electrons. The van der Waals surface area contributed by atoms with Crippen LogP contribution in [0.2, 0.25) is 5.02 Å². The van der Waals surface area contributed by atoms with Gasteiger partial charge < -0.3 is 4.74 Å². The van der Waals surface area contributed by atoms with Gasteiger partial charge in [-0.3, -0.25) is 0 Å². The van der Waals surface area contributed by atoms with Gasteiger partial charge in [0.25, 0.3) is 0 Å². The van der Waals surface area contributed by atoms with E-state index >= 15 is 0 Å². The van der Waals surface area contributed by atoms with Crippen molar-refractivity contribution in [2.75, 3.05) is 12.4 Å². The van der Waals surface area contributed by atoms with Gasteiger partial charge in [0.05, 0.1) is 11.6 Å². The van der Waals surface area contributed by atoms with E-state index in [9.17, 15) is 4.39 Å². The Bertz CT molecular complexity index is 533. The van der Waals surface area contributed by atoms with Gasteiger partial charge in [0.1, 0.15) is 0 Å². The van der Waals surface area contributed by atoms with E-state index in [-0.39, 0.29) is 16.7 Å². The first-order chi connectivity index (χ1) is 9.22. The van der Waals surface area contributed by atoms with E-state index in [1.807, 2.05) is 30.3 Å². The van der Waals surface area contributed by atoms with Crippen LogP contribution in [0, 0.1) is 5.82 Å². The molecule has 0 amide bonds. The summed E-state index contributed by atoms with van der Waals surface area (Å²) in [5.41, 5.74) is 1.12. The van der Waals surface area contributed by atoms with Crippen LogP contribution in [0.5, 0.6) is 5.75 Å². The predicted molar refractivity (Wildman–Crippen MR) is 79.9 cm³/mol. The molecule has 1 atom stereocenters. The van der Waals surface area contributed by atoms with Crippen molar-refractivity contribution >= 4 is 24.2 Å². The molecule has 19 heavy (non-hydrogen) atoms. The van der Waals surface area contributed by atoms with Crippen molar-refractivity contribution in [1.29, 1.82) is 0 Å². The highest BCUT2D eigenvalue weighted by molar-refractivity contribution is 7.80. The van der Waals surface area contributed by atoms with Gasteiger partial charge in [-0.05, 0) is 17.7 Å². The van der Waals surface area contributed by atoms with E-state index in [1.54, 1.807) is 12.1 Å². The summed E-state index contributed by atoms with van der Waals surface area (Å²) < 4.78 is 19.2. The van der Waals surface area contributed by atoms with Crippen LogP contribution >= 0.6 is 24.2 Å². The summed E-state index contributed by atoms with van der Waals surface area (Å²) in [5, 5.41) is 0.0691. The quantitative estimate of drug-likeness (QED) is 0.795. The maximum Gasteiger partial charge on any atom is 0.183 e. The van der Waals surface area contributed by atoms with E-state index in [2.05, 4.69) is 12.6 Å². The summed E-state index contributed by atoms with van der Waals surface area (Å²) in [6.45, 7) is 0.366. The van der Waals surface area contributed by atoms with Gasteiger partial charge in [0, 0.05) is 11.7 Å². The largest absolute Gasteiger partial charge is 0.490 e. The van der Waals surface area contributed by atoms with Gasteiger partial charge in [-0.25, -0.2) is 4.39 Å². The van der Waals surface area contributed by atoms with Crippen molar-refractivity contribution in [3.8, 4) is 5.75 Å². The lowest BCUT2D eigenvalue weighted by Gasteiger charge is -2.16. The lowest BCUT2D eigenvalue weighted by atomic mass is 10.0. The smallest absolute Gasteiger partial charge is 0.183 e. The molecule has 2 aromatic carbocycles. The van der Waals surface area contributed by atoms with Gasteiger partial charge >= 0.3 is 0 Å². The summed E-state index contributed by atoms with van der Waals surface area (Å²) in [6.07, 6.45) is 0. The summed E-state index contributed by atoms with van der Waals surface area (Å²) >= 11 is 10.0. The van der Waals surface area contributed by atoms with Crippen LogP contribution in [0.25, 0.3) is 0 Å². The fourth-order valence-corrected chi connectivity index (χ4v) is 2.25. The average molecular weight is 297 g/mol. The van der Waals surface area contributed by atoms with Gasteiger partial charge in [0.2, 0.25) is 0 Å². The van der Waals surface area contributed by atoms with Crippen molar-refractivity contribution in [2.24, 2.45) is 0 Å². The Morgan fingerprint density at radius 2 is 1.84 bits per heavy atom. The first kappa shape index (κ1) is 14.2. The minimum Gasteiger partial charge on any atom is -0.490 e. The number of benzene rings is 2. The van der Waals surface area contributed by atoms with Crippen LogP contribution in [0.4, 0.5) is 4.39 Å². The zero-order valence-corrected chi connectivity index (χ0v) is 11.9. The van der Waals surface area contributed by atoms with Crippen molar-refractivity contribution < 1.29 is 9.13 Å². The lowest BCUT2D eigenvalue weighted by Crippen LogP contribution is -2.12. The van der Waals surface area contributed by atoms with Crippen LogP contribution < -0.4 is 4.74 Å². The van der Waals surface area contributed by atoms with Crippen LogP contribution in [0.3, 0.4) is 0 Å². The highest BCUT2D eigenvalue weighted by atomic mass is 35.5. The molecule has 0 aromatic heterocycles. The maximum absolute atomic E-state index is 13.7. The summed E-state index contributed by atoms with van der Waals surface area (Å²) in [4.78, 5) is 0. The number of hydrogen-bond acceptors (Lipinski definition) is 2. The van der Waals surface area contributed by atoms with E-state index in [0.29, 0.717) is 12.4 Å². The standard InChI is InChI=1S/C15H14ClFOS/c16-13-7-4-8-14(15(13)17)18-9-12(10-19)11-5-2-1-3-6-11/h1-8,12,19H,9-10H2. The Morgan fingerprint density at radius 1 is 1.11 bits per heavy atom. The highest BCUT2D eigenvalue weighted by Gasteiger charge is 2.13. The Balaban J connectivity index is 2.06. The number of halogens is 2. The number of rotatable bonds is 5. The highest BCUT2D eigenvalue weighted by Crippen LogP contribution is 2.26. The molecule has 0 heterocycles.